The second kappa shape index (κ2) is 8.01. The lowest BCUT2D eigenvalue weighted by molar-refractivity contribution is -0.121. The highest BCUT2D eigenvalue weighted by molar-refractivity contribution is 5.75. The highest BCUT2D eigenvalue weighted by Crippen LogP contribution is 1.93. The lowest BCUT2D eigenvalue weighted by Gasteiger charge is -2.05. The van der Waals surface area contributed by atoms with Crippen LogP contribution in [0.2, 0.25) is 0 Å². The third kappa shape index (κ3) is 9.30. The molecule has 0 fully saturated rings. The van der Waals surface area contributed by atoms with Crippen molar-refractivity contribution in [3.05, 3.63) is 0 Å². The molecule has 1 atom stereocenters. The fraction of sp³-hybridized carbons (Fsp3) is 0.889. The average molecular weight is 188 g/mol. The predicted molar refractivity (Wildman–Crippen MR) is 52.2 cm³/mol. The summed E-state index contributed by atoms with van der Waals surface area (Å²) >= 11 is 0. The largest absolute Gasteiger partial charge is 0.396 e. The molecule has 4 nitrogen and oxygen atoms in total. The molecule has 0 aliphatic carbocycles. The van der Waals surface area contributed by atoms with Crippen LogP contribution in [0.15, 0.2) is 0 Å². The number of hydrogen-bond donors (Lipinski definition) is 3. The Morgan fingerprint density at radius 2 is 2.23 bits per heavy atom. The summed E-state index contributed by atoms with van der Waals surface area (Å²) in [6.45, 7) is 2.73. The number of rotatable bonds is 7. The van der Waals surface area contributed by atoms with E-state index in [0.29, 0.717) is 13.0 Å². The van der Waals surface area contributed by atoms with E-state index >= 15 is 0 Å². The molecule has 4 heteroatoms. The van der Waals surface area contributed by atoms with E-state index < -0.39 is 0 Å². The number of aliphatic hydroxyl groups excluding tert-OH is 1. The summed E-state index contributed by atoms with van der Waals surface area (Å²) in [6, 6.07) is 0.0863. The summed E-state index contributed by atoms with van der Waals surface area (Å²) in [5.74, 6) is 0.0511. The Balaban J connectivity index is 3.20. The van der Waals surface area contributed by atoms with Gasteiger partial charge in [-0.05, 0) is 26.2 Å². The van der Waals surface area contributed by atoms with Crippen molar-refractivity contribution in [1.82, 2.24) is 5.32 Å². The van der Waals surface area contributed by atoms with Crippen LogP contribution >= 0.6 is 0 Å². The Bertz CT molecular complexity index is 138. The highest BCUT2D eigenvalue weighted by atomic mass is 16.2. The molecule has 0 saturated heterocycles. The maximum atomic E-state index is 11.1. The summed E-state index contributed by atoms with van der Waals surface area (Å²) in [7, 11) is 0. The van der Waals surface area contributed by atoms with Gasteiger partial charge in [-0.1, -0.05) is 0 Å². The molecular weight excluding hydrogens is 168 g/mol. The summed E-state index contributed by atoms with van der Waals surface area (Å²) < 4.78 is 0. The number of hydrogen-bond acceptors (Lipinski definition) is 3. The van der Waals surface area contributed by atoms with E-state index in [-0.39, 0.29) is 18.6 Å². The number of unbranched alkanes of at least 4 members (excludes halogenated alkanes) is 1. The van der Waals surface area contributed by atoms with Crippen molar-refractivity contribution in [3.8, 4) is 0 Å². The zero-order chi connectivity index (χ0) is 10.1. The molecule has 1 unspecified atom stereocenters. The van der Waals surface area contributed by atoms with Crippen LogP contribution in [-0.2, 0) is 4.79 Å². The molecule has 4 N–H and O–H groups in total. The van der Waals surface area contributed by atoms with Crippen molar-refractivity contribution in [2.75, 3.05) is 13.2 Å². The van der Waals surface area contributed by atoms with Crippen LogP contribution < -0.4 is 11.1 Å². The molecule has 0 aromatic heterocycles. The number of nitrogens with two attached hydrogens (primary N) is 1. The highest BCUT2D eigenvalue weighted by Gasteiger charge is 2.01. The van der Waals surface area contributed by atoms with Gasteiger partial charge in [-0.25, -0.2) is 0 Å². The summed E-state index contributed by atoms with van der Waals surface area (Å²) in [6.07, 6.45) is 2.80. The van der Waals surface area contributed by atoms with Gasteiger partial charge in [0.05, 0.1) is 0 Å². The van der Waals surface area contributed by atoms with E-state index in [4.69, 9.17) is 10.8 Å². The van der Waals surface area contributed by atoms with Crippen molar-refractivity contribution in [3.63, 3.8) is 0 Å². The monoisotopic (exact) mass is 188 g/mol. The molecular formula is C9H20N2O2. The topological polar surface area (TPSA) is 75.4 Å². The Morgan fingerprint density at radius 3 is 2.77 bits per heavy atom. The van der Waals surface area contributed by atoms with Gasteiger partial charge >= 0.3 is 0 Å². The van der Waals surface area contributed by atoms with Gasteiger partial charge in [0, 0.05) is 25.6 Å². The quantitative estimate of drug-likeness (QED) is 0.492. The Kier molecular flexibility index (Phi) is 7.63. The fourth-order valence-electron chi connectivity index (χ4n) is 0.912. The zero-order valence-electron chi connectivity index (χ0n) is 8.25. The average Bonchev–Trinajstić information content (AvgIpc) is 2.09. The van der Waals surface area contributed by atoms with Gasteiger partial charge in [-0.15, -0.1) is 0 Å². The van der Waals surface area contributed by atoms with E-state index in [1.807, 2.05) is 6.92 Å². The first-order valence-electron chi connectivity index (χ1n) is 4.80. The molecule has 13 heavy (non-hydrogen) atoms. The molecule has 0 aliphatic heterocycles. The Morgan fingerprint density at radius 1 is 1.54 bits per heavy atom. The predicted octanol–water partition coefficient (Wildman–Crippen LogP) is 0.00250. The van der Waals surface area contributed by atoms with Gasteiger partial charge in [0.15, 0.2) is 0 Å². The summed E-state index contributed by atoms with van der Waals surface area (Å²) in [5.41, 5.74) is 5.50. The van der Waals surface area contributed by atoms with Crippen LogP contribution in [-0.4, -0.2) is 30.2 Å². The van der Waals surface area contributed by atoms with Gasteiger partial charge in [-0.2, -0.15) is 0 Å². The maximum Gasteiger partial charge on any atom is 0.220 e. The van der Waals surface area contributed by atoms with Gasteiger partial charge in [-0.3, -0.25) is 4.79 Å². The molecule has 0 spiro atoms. The lowest BCUT2D eigenvalue weighted by Crippen LogP contribution is -2.26. The molecule has 0 bridgehead atoms. The number of carbonyl (C=O) groups excluding carboxylic acids is 1. The van der Waals surface area contributed by atoms with Crippen LogP contribution in [0.3, 0.4) is 0 Å². The van der Waals surface area contributed by atoms with Gasteiger partial charge in [0.2, 0.25) is 5.91 Å². The third-order valence-electron chi connectivity index (χ3n) is 1.73. The molecule has 78 valence electrons. The first-order chi connectivity index (χ1) is 6.16. The van der Waals surface area contributed by atoms with Crippen molar-refractivity contribution in [2.24, 2.45) is 5.73 Å². The molecule has 0 radical (unpaired) electrons. The van der Waals surface area contributed by atoms with E-state index in [1.54, 1.807) is 0 Å². The van der Waals surface area contributed by atoms with E-state index in [9.17, 15) is 4.79 Å². The van der Waals surface area contributed by atoms with Crippen molar-refractivity contribution in [1.29, 1.82) is 0 Å². The Hall–Kier alpha value is -0.610. The summed E-state index contributed by atoms with van der Waals surface area (Å²) in [4.78, 5) is 11.1. The maximum absolute atomic E-state index is 11.1. The van der Waals surface area contributed by atoms with E-state index in [1.165, 1.54) is 0 Å². The second-order valence-corrected chi connectivity index (χ2v) is 3.30. The minimum atomic E-state index is 0.0511. The van der Waals surface area contributed by atoms with Crippen LogP contribution in [0.4, 0.5) is 0 Å². The Labute approximate surface area is 79.5 Å². The standard InChI is InChI=1S/C9H20N2O2/c1-8(10)4-5-9(13)11-6-2-3-7-12/h8,12H,2-7,10H2,1H3,(H,11,13). The SMILES string of the molecule is CC(N)CCC(=O)NCCCCO. The van der Waals surface area contributed by atoms with Crippen LogP contribution in [0.1, 0.15) is 32.6 Å². The van der Waals surface area contributed by atoms with E-state index in [0.717, 1.165) is 19.3 Å². The molecule has 0 aromatic carbocycles. The van der Waals surface area contributed by atoms with Crippen LogP contribution in [0.5, 0.6) is 0 Å². The fourth-order valence-corrected chi connectivity index (χ4v) is 0.912. The smallest absolute Gasteiger partial charge is 0.220 e. The normalized spacial score (nSPS) is 12.5. The number of nitrogens with one attached hydrogen (secondary N) is 1. The van der Waals surface area contributed by atoms with E-state index in [2.05, 4.69) is 5.32 Å². The van der Waals surface area contributed by atoms with Crippen molar-refractivity contribution < 1.29 is 9.90 Å². The number of amides is 1. The van der Waals surface area contributed by atoms with Crippen LogP contribution in [0, 0.1) is 0 Å². The third-order valence-corrected chi connectivity index (χ3v) is 1.73. The zero-order valence-corrected chi connectivity index (χ0v) is 8.25. The van der Waals surface area contributed by atoms with Gasteiger partial charge in [0.25, 0.3) is 0 Å². The lowest BCUT2D eigenvalue weighted by atomic mass is 10.2. The molecule has 0 aliphatic rings. The van der Waals surface area contributed by atoms with Gasteiger partial charge < -0.3 is 16.2 Å². The van der Waals surface area contributed by atoms with Crippen LogP contribution in [0.25, 0.3) is 0 Å². The molecule has 0 saturated carbocycles. The van der Waals surface area contributed by atoms with Gasteiger partial charge in [0.1, 0.15) is 0 Å². The second-order valence-electron chi connectivity index (χ2n) is 3.30. The molecule has 0 aromatic rings. The molecule has 0 heterocycles. The number of aliphatic hydroxyl groups is 1. The van der Waals surface area contributed by atoms with Crippen molar-refractivity contribution >= 4 is 5.91 Å². The molecule has 1 amide bonds. The first kappa shape index (κ1) is 12.4. The molecule has 0 rings (SSSR count). The van der Waals surface area contributed by atoms with Crippen molar-refractivity contribution in [2.45, 2.75) is 38.6 Å². The number of carbonyl (C=O) groups is 1. The summed E-state index contributed by atoms with van der Waals surface area (Å²) in [5, 5.41) is 11.2. The minimum Gasteiger partial charge on any atom is -0.396 e. The first-order valence-corrected chi connectivity index (χ1v) is 4.80. The minimum absolute atomic E-state index is 0.0511.